The largest absolute Gasteiger partial charge is 0.344 e. The van der Waals surface area contributed by atoms with E-state index in [2.05, 4.69) is 6.92 Å². The van der Waals surface area contributed by atoms with Gasteiger partial charge in [-0.05, 0) is 29.5 Å². The van der Waals surface area contributed by atoms with Crippen molar-refractivity contribution < 1.29 is 4.79 Å². The maximum atomic E-state index is 13.1. The molecule has 148 valence electrons. The van der Waals surface area contributed by atoms with Gasteiger partial charge in [0.25, 0.3) is 5.56 Å². The third-order valence-electron chi connectivity index (χ3n) is 4.69. The molecule has 2 aromatic heterocycles. The number of thiophene rings is 1. The number of rotatable bonds is 7. The Hall–Kier alpha value is -2.38. The van der Waals surface area contributed by atoms with E-state index in [1.54, 1.807) is 47.7 Å². The number of benzene rings is 1. The Balaban J connectivity index is 2.05. The molecule has 3 rings (SSSR count). The molecule has 8 heteroatoms. The van der Waals surface area contributed by atoms with Gasteiger partial charge in [0.05, 0.1) is 12.1 Å². The molecule has 0 bridgehead atoms. The second kappa shape index (κ2) is 8.75. The summed E-state index contributed by atoms with van der Waals surface area (Å²) in [6.45, 7) is 2.65. The Bertz CT molecular complexity index is 1120. The number of halogens is 1. The predicted molar refractivity (Wildman–Crippen MR) is 113 cm³/mol. The lowest BCUT2D eigenvalue weighted by Gasteiger charge is -2.18. The van der Waals surface area contributed by atoms with Crippen LogP contribution in [-0.4, -0.2) is 33.5 Å². The van der Waals surface area contributed by atoms with Crippen molar-refractivity contribution in [3.05, 3.63) is 67.1 Å². The lowest BCUT2D eigenvalue weighted by Crippen LogP contribution is -2.42. The first-order valence-corrected chi connectivity index (χ1v) is 10.4. The summed E-state index contributed by atoms with van der Waals surface area (Å²) in [4.78, 5) is 40.2. The summed E-state index contributed by atoms with van der Waals surface area (Å²) in [5, 5.41) is 2.25. The number of hydrogen-bond acceptors (Lipinski definition) is 4. The fourth-order valence-electron chi connectivity index (χ4n) is 3.00. The van der Waals surface area contributed by atoms with Gasteiger partial charge in [-0.2, -0.15) is 0 Å². The van der Waals surface area contributed by atoms with Crippen LogP contribution < -0.4 is 11.2 Å². The lowest BCUT2D eigenvalue weighted by molar-refractivity contribution is -0.130. The van der Waals surface area contributed by atoms with E-state index in [4.69, 9.17) is 11.6 Å². The Morgan fingerprint density at radius 3 is 2.64 bits per heavy atom. The molecule has 0 atom stereocenters. The van der Waals surface area contributed by atoms with Crippen molar-refractivity contribution in [2.45, 2.75) is 32.9 Å². The average Bonchev–Trinajstić information content (AvgIpc) is 3.17. The van der Waals surface area contributed by atoms with E-state index in [0.717, 1.165) is 17.4 Å². The van der Waals surface area contributed by atoms with Crippen molar-refractivity contribution in [1.82, 2.24) is 14.0 Å². The fourth-order valence-corrected chi connectivity index (χ4v) is 4.04. The van der Waals surface area contributed by atoms with Gasteiger partial charge in [-0.3, -0.25) is 18.7 Å². The van der Waals surface area contributed by atoms with Crippen molar-refractivity contribution in [1.29, 1.82) is 0 Å². The molecule has 3 aromatic rings. The van der Waals surface area contributed by atoms with E-state index in [1.807, 2.05) is 0 Å². The molecule has 0 spiro atoms. The van der Waals surface area contributed by atoms with Gasteiger partial charge in [-0.15, -0.1) is 11.3 Å². The number of amides is 1. The van der Waals surface area contributed by atoms with E-state index in [9.17, 15) is 14.4 Å². The van der Waals surface area contributed by atoms with Crippen molar-refractivity contribution in [2.75, 3.05) is 13.6 Å². The van der Waals surface area contributed by atoms with Crippen LogP contribution in [0.1, 0.15) is 25.3 Å². The topological polar surface area (TPSA) is 64.3 Å². The second-order valence-electron chi connectivity index (χ2n) is 6.66. The van der Waals surface area contributed by atoms with Gasteiger partial charge >= 0.3 is 5.69 Å². The molecule has 0 saturated heterocycles. The number of carbonyl (C=O) groups is 1. The van der Waals surface area contributed by atoms with Crippen LogP contribution in [0.4, 0.5) is 0 Å². The highest BCUT2D eigenvalue weighted by Crippen LogP contribution is 2.18. The van der Waals surface area contributed by atoms with E-state index in [0.29, 0.717) is 27.3 Å². The first-order chi connectivity index (χ1) is 13.4. The molecule has 0 aliphatic heterocycles. The fraction of sp³-hybridized carbons (Fsp3) is 0.350. The van der Waals surface area contributed by atoms with Crippen LogP contribution in [0.5, 0.6) is 0 Å². The molecular weight excluding hydrogens is 398 g/mol. The van der Waals surface area contributed by atoms with Crippen LogP contribution in [0.3, 0.4) is 0 Å². The van der Waals surface area contributed by atoms with E-state index >= 15 is 0 Å². The molecule has 1 amide bonds. The number of carbonyl (C=O) groups excluding carboxylic acids is 1. The summed E-state index contributed by atoms with van der Waals surface area (Å²) in [6, 6.07) is 8.81. The standard InChI is InChI=1S/C20H22ClN3O3S/c1-3-4-10-22(2)17(25)13-23-16-9-11-28-18(16)19(26)24(20(23)27)12-14-7-5-6-8-15(14)21/h5-9,11H,3-4,10,12-13H2,1-2H3. The minimum Gasteiger partial charge on any atom is -0.344 e. The molecule has 1 aromatic carbocycles. The van der Waals surface area contributed by atoms with Crippen LogP contribution in [0.2, 0.25) is 5.02 Å². The molecule has 0 fully saturated rings. The van der Waals surface area contributed by atoms with Crippen molar-refractivity contribution >= 4 is 39.1 Å². The number of nitrogens with zero attached hydrogens (tertiary/aromatic N) is 3. The number of hydrogen-bond donors (Lipinski definition) is 0. The maximum absolute atomic E-state index is 13.1. The van der Waals surface area contributed by atoms with Crippen LogP contribution in [0.25, 0.3) is 10.2 Å². The monoisotopic (exact) mass is 419 g/mol. The molecule has 28 heavy (non-hydrogen) atoms. The normalized spacial score (nSPS) is 11.1. The second-order valence-corrected chi connectivity index (χ2v) is 7.98. The van der Waals surface area contributed by atoms with Gasteiger partial charge in [-0.25, -0.2) is 4.79 Å². The van der Waals surface area contributed by atoms with Crippen LogP contribution >= 0.6 is 22.9 Å². The highest BCUT2D eigenvalue weighted by atomic mass is 35.5. The van der Waals surface area contributed by atoms with Crippen molar-refractivity contribution in [3.63, 3.8) is 0 Å². The van der Waals surface area contributed by atoms with E-state index in [1.165, 1.54) is 15.9 Å². The highest BCUT2D eigenvalue weighted by Gasteiger charge is 2.18. The average molecular weight is 420 g/mol. The molecule has 0 unspecified atom stereocenters. The molecule has 6 nitrogen and oxygen atoms in total. The van der Waals surface area contributed by atoms with Gasteiger partial charge in [0.15, 0.2) is 0 Å². The van der Waals surface area contributed by atoms with Crippen molar-refractivity contribution in [3.8, 4) is 0 Å². The Labute approximate surface area is 171 Å². The summed E-state index contributed by atoms with van der Waals surface area (Å²) in [7, 11) is 1.73. The minimum absolute atomic E-state index is 0.0606. The number of unbranched alkanes of at least 4 members (excludes halogenated alkanes) is 1. The third-order valence-corrected chi connectivity index (χ3v) is 5.95. The molecule has 0 N–H and O–H groups in total. The zero-order valence-corrected chi connectivity index (χ0v) is 17.4. The zero-order chi connectivity index (χ0) is 20.3. The minimum atomic E-state index is -0.506. The molecule has 0 aliphatic rings. The van der Waals surface area contributed by atoms with Gasteiger partial charge in [0.2, 0.25) is 5.91 Å². The van der Waals surface area contributed by atoms with E-state index < -0.39 is 5.69 Å². The molecular formula is C20H22ClN3O3S. The summed E-state index contributed by atoms with van der Waals surface area (Å²) in [5.41, 5.74) is 0.302. The number of fused-ring (bicyclic) bond motifs is 1. The Kier molecular flexibility index (Phi) is 6.36. The molecule has 2 heterocycles. The van der Waals surface area contributed by atoms with E-state index in [-0.39, 0.29) is 24.6 Å². The van der Waals surface area contributed by atoms with Gasteiger partial charge in [-0.1, -0.05) is 43.1 Å². The molecule has 0 saturated carbocycles. The smallest absolute Gasteiger partial charge is 0.332 e. The Morgan fingerprint density at radius 2 is 1.93 bits per heavy atom. The van der Waals surface area contributed by atoms with Crippen LogP contribution in [0.15, 0.2) is 45.3 Å². The zero-order valence-electron chi connectivity index (χ0n) is 15.9. The first-order valence-electron chi connectivity index (χ1n) is 9.12. The highest BCUT2D eigenvalue weighted by molar-refractivity contribution is 7.17. The SMILES string of the molecule is CCCCN(C)C(=O)Cn1c(=O)n(Cc2ccccc2Cl)c(=O)c2sccc21. The Morgan fingerprint density at radius 1 is 1.18 bits per heavy atom. The summed E-state index contributed by atoms with van der Waals surface area (Å²) in [6.07, 6.45) is 1.88. The number of likely N-dealkylation sites (N-methyl/N-ethyl adjacent to an activating group) is 1. The molecule has 0 aliphatic carbocycles. The molecule has 0 radical (unpaired) electrons. The van der Waals surface area contributed by atoms with Crippen molar-refractivity contribution in [2.24, 2.45) is 0 Å². The van der Waals surface area contributed by atoms with Crippen LogP contribution in [-0.2, 0) is 17.9 Å². The summed E-state index contributed by atoms with van der Waals surface area (Å²) >= 11 is 7.47. The van der Waals surface area contributed by atoms with Gasteiger partial charge < -0.3 is 4.90 Å². The quantitative estimate of drug-likeness (QED) is 0.590. The predicted octanol–water partition coefficient (Wildman–Crippen LogP) is 3.18. The summed E-state index contributed by atoms with van der Waals surface area (Å²) < 4.78 is 2.99. The maximum Gasteiger partial charge on any atom is 0.332 e. The summed E-state index contributed by atoms with van der Waals surface area (Å²) in [5.74, 6) is -0.161. The number of aromatic nitrogens is 2. The van der Waals surface area contributed by atoms with Crippen LogP contribution in [0, 0.1) is 0 Å². The lowest BCUT2D eigenvalue weighted by atomic mass is 10.2. The van der Waals surface area contributed by atoms with Gasteiger partial charge in [0.1, 0.15) is 11.2 Å². The van der Waals surface area contributed by atoms with Gasteiger partial charge in [0, 0.05) is 18.6 Å². The third kappa shape index (κ3) is 4.05. The first kappa shape index (κ1) is 20.4.